The molecule has 0 aromatic heterocycles. The zero-order chi connectivity index (χ0) is 23.3. The molecule has 0 heterocycles. The summed E-state index contributed by atoms with van der Waals surface area (Å²) < 4.78 is 38.1. The molecule has 0 atom stereocenters. The summed E-state index contributed by atoms with van der Waals surface area (Å²) >= 11 is 0. The highest BCUT2D eigenvalue weighted by molar-refractivity contribution is 5.90. The van der Waals surface area contributed by atoms with E-state index in [0.29, 0.717) is 5.56 Å². The lowest BCUT2D eigenvalue weighted by molar-refractivity contribution is -0.384. The number of benzene rings is 3. The number of esters is 1. The molecule has 10 heteroatoms. The zero-order valence-corrected chi connectivity index (χ0v) is 16.7. The predicted molar refractivity (Wildman–Crippen MR) is 109 cm³/mol. The first-order valence-corrected chi connectivity index (χ1v) is 9.15. The Kier molecular flexibility index (Phi) is 6.74. The van der Waals surface area contributed by atoms with Gasteiger partial charge in [0.05, 0.1) is 29.8 Å². The van der Waals surface area contributed by atoms with Crippen LogP contribution in [0.25, 0.3) is 0 Å². The molecule has 32 heavy (non-hydrogen) atoms. The molecule has 3 rings (SSSR count). The number of carbonyl (C=O) groups excluding carboxylic acids is 2. The van der Waals surface area contributed by atoms with Crippen molar-refractivity contribution in [1.29, 1.82) is 0 Å². The van der Waals surface area contributed by atoms with E-state index in [0.717, 1.165) is 23.1 Å². The maximum absolute atomic E-state index is 14.5. The van der Waals surface area contributed by atoms with E-state index in [-0.39, 0.29) is 29.2 Å². The summed E-state index contributed by atoms with van der Waals surface area (Å²) in [5, 5.41) is 10.8. The molecule has 0 bridgehead atoms. The van der Waals surface area contributed by atoms with E-state index in [1.54, 1.807) is 0 Å². The Labute approximate surface area is 180 Å². The van der Waals surface area contributed by atoms with Crippen molar-refractivity contribution in [2.75, 3.05) is 12.0 Å². The summed E-state index contributed by atoms with van der Waals surface area (Å²) in [7, 11) is 1.24. The molecule has 0 saturated carbocycles. The highest BCUT2D eigenvalue weighted by atomic mass is 19.2. The minimum absolute atomic E-state index is 0.0246. The van der Waals surface area contributed by atoms with E-state index in [1.165, 1.54) is 55.6 Å². The molecule has 0 aliphatic rings. The van der Waals surface area contributed by atoms with Crippen molar-refractivity contribution in [1.82, 2.24) is 0 Å². The molecule has 0 aliphatic heterocycles. The van der Waals surface area contributed by atoms with Crippen LogP contribution < -0.4 is 9.64 Å². The van der Waals surface area contributed by atoms with E-state index in [4.69, 9.17) is 4.74 Å². The predicted octanol–water partition coefficient (Wildman–Crippen LogP) is 4.87. The molecular weight excluding hydrogens is 426 g/mol. The number of nitro groups is 1. The summed E-state index contributed by atoms with van der Waals surface area (Å²) in [4.78, 5) is 35.4. The number of rotatable bonds is 6. The van der Waals surface area contributed by atoms with Gasteiger partial charge in [-0.1, -0.05) is 18.2 Å². The number of amides is 1. The number of nitro benzene ring substituents is 1. The van der Waals surface area contributed by atoms with Crippen LogP contribution in [0.15, 0.2) is 66.7 Å². The van der Waals surface area contributed by atoms with Crippen LogP contribution in [0.4, 0.5) is 25.0 Å². The number of nitrogens with zero attached hydrogens (tertiary/aromatic N) is 2. The third-order valence-corrected chi connectivity index (χ3v) is 4.41. The van der Waals surface area contributed by atoms with Crippen molar-refractivity contribution in [2.24, 2.45) is 0 Å². The van der Waals surface area contributed by atoms with E-state index in [1.807, 2.05) is 0 Å². The maximum atomic E-state index is 14.5. The molecule has 3 aromatic carbocycles. The lowest BCUT2D eigenvalue weighted by Gasteiger charge is -2.23. The molecule has 0 fully saturated rings. The van der Waals surface area contributed by atoms with E-state index >= 15 is 0 Å². The van der Waals surface area contributed by atoms with Gasteiger partial charge in [-0.15, -0.1) is 0 Å². The van der Waals surface area contributed by atoms with Gasteiger partial charge in [-0.2, -0.15) is 0 Å². The van der Waals surface area contributed by atoms with E-state index in [2.05, 4.69) is 4.74 Å². The van der Waals surface area contributed by atoms with Gasteiger partial charge in [0, 0.05) is 12.1 Å². The van der Waals surface area contributed by atoms with Crippen molar-refractivity contribution < 1.29 is 32.8 Å². The van der Waals surface area contributed by atoms with Crippen LogP contribution in [0.1, 0.15) is 15.9 Å². The quantitative estimate of drug-likeness (QED) is 0.307. The monoisotopic (exact) mass is 442 g/mol. The van der Waals surface area contributed by atoms with Crippen molar-refractivity contribution in [3.05, 3.63) is 99.6 Å². The van der Waals surface area contributed by atoms with Gasteiger partial charge in [-0.25, -0.2) is 18.4 Å². The van der Waals surface area contributed by atoms with Gasteiger partial charge in [0.1, 0.15) is 5.75 Å². The minimum Gasteiger partial charge on any atom is -0.465 e. The summed E-state index contributed by atoms with van der Waals surface area (Å²) in [6.07, 6.45) is -1.04. The minimum atomic E-state index is -1.25. The van der Waals surface area contributed by atoms with Gasteiger partial charge in [0.2, 0.25) is 0 Å². The molecule has 0 aliphatic carbocycles. The fraction of sp³-hybridized carbons (Fsp3) is 0.0909. The first-order valence-electron chi connectivity index (χ1n) is 9.15. The van der Waals surface area contributed by atoms with Crippen molar-refractivity contribution in [3.63, 3.8) is 0 Å². The lowest BCUT2D eigenvalue weighted by atomic mass is 10.1. The Hall–Kier alpha value is -4.34. The van der Waals surface area contributed by atoms with Gasteiger partial charge < -0.3 is 9.47 Å². The topological polar surface area (TPSA) is 99.0 Å². The average molecular weight is 442 g/mol. The van der Waals surface area contributed by atoms with E-state index in [9.17, 15) is 28.5 Å². The Bertz CT molecular complexity index is 1150. The normalized spacial score (nSPS) is 10.3. The number of hydrogen-bond acceptors (Lipinski definition) is 6. The second-order valence-electron chi connectivity index (χ2n) is 6.47. The molecule has 0 unspecified atom stereocenters. The molecule has 164 valence electrons. The number of hydrogen-bond donors (Lipinski definition) is 0. The number of carbonyl (C=O) groups is 2. The SMILES string of the molecule is COC(=O)c1ccc(CN(C(=O)Oc2ccc([N+](=O)[O-])cc2)c2cccc(F)c2F)cc1. The van der Waals surface area contributed by atoms with Crippen LogP contribution in [-0.4, -0.2) is 24.1 Å². The number of ether oxygens (including phenoxy) is 2. The first-order chi connectivity index (χ1) is 15.3. The van der Waals surface area contributed by atoms with Gasteiger partial charge in [0.25, 0.3) is 5.69 Å². The van der Waals surface area contributed by atoms with Crippen LogP contribution in [0.3, 0.4) is 0 Å². The molecule has 1 amide bonds. The lowest BCUT2D eigenvalue weighted by Crippen LogP contribution is -2.34. The second kappa shape index (κ2) is 9.65. The summed E-state index contributed by atoms with van der Waals surface area (Å²) in [5.74, 6) is -2.98. The molecule has 3 aromatic rings. The molecular formula is C22H16F2N2O6. The third-order valence-electron chi connectivity index (χ3n) is 4.41. The van der Waals surface area contributed by atoms with Crippen LogP contribution >= 0.6 is 0 Å². The summed E-state index contributed by atoms with van der Waals surface area (Å²) in [6, 6.07) is 14.0. The van der Waals surface area contributed by atoms with Crippen molar-refractivity contribution >= 4 is 23.4 Å². The highest BCUT2D eigenvalue weighted by Crippen LogP contribution is 2.26. The Balaban J connectivity index is 1.90. The van der Waals surface area contributed by atoms with Crippen LogP contribution in [0.2, 0.25) is 0 Å². The molecule has 0 N–H and O–H groups in total. The van der Waals surface area contributed by atoms with Gasteiger partial charge >= 0.3 is 12.1 Å². The van der Waals surface area contributed by atoms with E-state index < -0.39 is 28.6 Å². The molecule has 0 radical (unpaired) electrons. The summed E-state index contributed by atoms with van der Waals surface area (Å²) in [5.41, 5.74) is 0.188. The highest BCUT2D eigenvalue weighted by Gasteiger charge is 2.24. The summed E-state index contributed by atoms with van der Waals surface area (Å²) in [6.45, 7) is -0.215. The zero-order valence-electron chi connectivity index (χ0n) is 16.7. The van der Waals surface area contributed by atoms with Crippen LogP contribution in [0.5, 0.6) is 5.75 Å². The fourth-order valence-corrected chi connectivity index (χ4v) is 2.79. The third kappa shape index (κ3) is 5.04. The number of non-ortho nitro benzene ring substituents is 1. The largest absolute Gasteiger partial charge is 0.465 e. The number of halogens is 2. The maximum Gasteiger partial charge on any atom is 0.420 e. The second-order valence-corrected chi connectivity index (χ2v) is 6.47. The fourth-order valence-electron chi connectivity index (χ4n) is 2.79. The van der Waals surface area contributed by atoms with Crippen LogP contribution in [0, 0.1) is 21.7 Å². The van der Waals surface area contributed by atoms with Gasteiger partial charge in [-0.3, -0.25) is 15.0 Å². The van der Waals surface area contributed by atoms with Gasteiger partial charge in [0.15, 0.2) is 11.6 Å². The first kappa shape index (κ1) is 22.3. The molecule has 0 saturated heterocycles. The standard InChI is InChI=1S/C22H16F2N2O6/c1-31-21(27)15-7-5-14(6-8-15)13-25(19-4-2-3-18(23)20(19)24)22(28)32-17-11-9-16(10-12-17)26(29)30/h2-12H,13H2,1H3. The van der Waals surface area contributed by atoms with Crippen LogP contribution in [-0.2, 0) is 11.3 Å². The average Bonchev–Trinajstić information content (AvgIpc) is 2.79. The Morgan fingerprint density at radius 1 is 1.00 bits per heavy atom. The molecule has 0 spiro atoms. The number of anilines is 1. The smallest absolute Gasteiger partial charge is 0.420 e. The van der Waals surface area contributed by atoms with Gasteiger partial charge in [-0.05, 0) is 42.0 Å². The Morgan fingerprint density at radius 3 is 2.25 bits per heavy atom. The molecule has 8 nitrogen and oxygen atoms in total. The number of methoxy groups -OCH3 is 1. The van der Waals surface area contributed by atoms with Crippen molar-refractivity contribution in [3.8, 4) is 5.75 Å². The Morgan fingerprint density at radius 2 is 1.66 bits per heavy atom. The van der Waals surface area contributed by atoms with Crippen molar-refractivity contribution in [2.45, 2.75) is 6.54 Å².